The Morgan fingerprint density at radius 1 is 1.17 bits per heavy atom. The fourth-order valence-electron chi connectivity index (χ4n) is 4.14. The molecule has 2 aromatic heterocycles. The second-order valence-electron chi connectivity index (χ2n) is 9.04. The molecule has 41 heavy (non-hydrogen) atoms. The summed E-state index contributed by atoms with van der Waals surface area (Å²) in [6.45, 7) is 4.63. The predicted octanol–water partition coefficient (Wildman–Crippen LogP) is 1.95. The van der Waals surface area contributed by atoms with Crippen molar-refractivity contribution in [2.45, 2.75) is 20.1 Å². The fraction of sp³-hybridized carbons (Fsp3) is 0.308. The van der Waals surface area contributed by atoms with Crippen LogP contribution in [0.2, 0.25) is 0 Å². The molecular formula is C26H28FN9O5. The van der Waals surface area contributed by atoms with E-state index in [0.29, 0.717) is 66.9 Å². The minimum absolute atomic E-state index is 0.0333. The number of nitrogens with zero attached hydrogens (tertiary/aromatic N) is 7. The molecule has 1 aliphatic rings. The molecule has 5 rings (SSSR count). The van der Waals surface area contributed by atoms with Gasteiger partial charge < -0.3 is 19.9 Å². The predicted molar refractivity (Wildman–Crippen MR) is 143 cm³/mol. The molecule has 2 aromatic carbocycles. The summed E-state index contributed by atoms with van der Waals surface area (Å²) >= 11 is 0. The quantitative estimate of drug-likeness (QED) is 0.213. The number of nitrogens with one attached hydrogen (secondary N) is 1. The summed E-state index contributed by atoms with van der Waals surface area (Å²) in [6.07, 6.45) is 0. The molecule has 0 aliphatic carbocycles. The van der Waals surface area contributed by atoms with E-state index < -0.39 is 5.91 Å². The maximum atomic E-state index is 14.0. The maximum absolute atomic E-state index is 14.0. The van der Waals surface area contributed by atoms with Gasteiger partial charge in [0.15, 0.2) is 17.2 Å². The van der Waals surface area contributed by atoms with Gasteiger partial charge >= 0.3 is 0 Å². The first kappa shape index (κ1) is 27.7. The number of nitrogen functional groups attached to an aromatic ring is 1. The molecule has 0 saturated carbocycles. The zero-order chi connectivity index (χ0) is 28.8. The Balaban J connectivity index is 1.34. The highest BCUT2D eigenvalue weighted by Crippen LogP contribution is 2.29. The number of benzene rings is 2. The van der Waals surface area contributed by atoms with Gasteiger partial charge in [-0.15, -0.1) is 5.10 Å². The van der Waals surface area contributed by atoms with Crippen molar-refractivity contribution >= 4 is 17.4 Å². The van der Waals surface area contributed by atoms with Crippen molar-refractivity contribution in [3.63, 3.8) is 0 Å². The van der Waals surface area contributed by atoms with E-state index in [9.17, 15) is 9.18 Å². The number of halogens is 1. The van der Waals surface area contributed by atoms with Gasteiger partial charge in [0.05, 0.1) is 26.0 Å². The van der Waals surface area contributed by atoms with Crippen LogP contribution in [0.3, 0.4) is 0 Å². The monoisotopic (exact) mass is 565 g/mol. The smallest absolute Gasteiger partial charge is 0.292 e. The van der Waals surface area contributed by atoms with Crippen molar-refractivity contribution in [3.8, 4) is 17.3 Å². The summed E-state index contributed by atoms with van der Waals surface area (Å²) in [7, 11) is 1.50. The minimum atomic E-state index is -0.586. The van der Waals surface area contributed by atoms with E-state index >= 15 is 0 Å². The number of anilines is 1. The van der Waals surface area contributed by atoms with Crippen molar-refractivity contribution in [1.82, 2.24) is 35.6 Å². The minimum Gasteiger partial charge on any atom is -0.493 e. The molecule has 3 N–H and O–H groups in total. The van der Waals surface area contributed by atoms with E-state index in [1.54, 1.807) is 43.3 Å². The van der Waals surface area contributed by atoms with Crippen LogP contribution in [0.25, 0.3) is 5.82 Å². The van der Waals surface area contributed by atoms with Gasteiger partial charge in [-0.25, -0.2) is 14.4 Å². The molecule has 0 spiro atoms. The molecular weight excluding hydrogens is 537 g/mol. The molecule has 0 atom stereocenters. The normalized spacial score (nSPS) is 14.2. The highest BCUT2D eigenvalue weighted by molar-refractivity contribution is 6.01. The van der Waals surface area contributed by atoms with E-state index in [2.05, 4.69) is 40.7 Å². The van der Waals surface area contributed by atoms with Crippen molar-refractivity contribution in [2.75, 3.05) is 39.1 Å². The van der Waals surface area contributed by atoms with Gasteiger partial charge in [-0.05, 0) is 41.5 Å². The average molecular weight is 566 g/mol. The van der Waals surface area contributed by atoms with Crippen LogP contribution in [0, 0.1) is 5.82 Å². The number of aromatic nitrogens is 5. The third kappa shape index (κ3) is 6.31. The topological polar surface area (TPSA) is 168 Å². The Kier molecular flexibility index (Phi) is 8.45. The van der Waals surface area contributed by atoms with Crippen LogP contribution < -0.4 is 20.6 Å². The Hall–Kier alpha value is -4.89. The largest absolute Gasteiger partial charge is 0.493 e. The first-order valence-corrected chi connectivity index (χ1v) is 12.7. The number of carbonyl (C=O) groups is 1. The van der Waals surface area contributed by atoms with Crippen molar-refractivity contribution in [2.24, 2.45) is 5.10 Å². The van der Waals surface area contributed by atoms with Crippen LogP contribution in [0.4, 0.5) is 10.2 Å². The molecule has 1 aliphatic heterocycles. The molecule has 0 bridgehead atoms. The van der Waals surface area contributed by atoms with Crippen LogP contribution in [0.15, 0.2) is 52.2 Å². The van der Waals surface area contributed by atoms with Gasteiger partial charge in [0, 0.05) is 30.8 Å². The third-order valence-corrected chi connectivity index (χ3v) is 6.38. The highest BCUT2D eigenvalue weighted by atomic mass is 19.1. The number of rotatable bonds is 10. The number of ether oxygens (including phenoxy) is 3. The second-order valence-corrected chi connectivity index (χ2v) is 9.04. The lowest BCUT2D eigenvalue weighted by Crippen LogP contribution is -2.36. The van der Waals surface area contributed by atoms with Gasteiger partial charge in [-0.1, -0.05) is 23.4 Å². The van der Waals surface area contributed by atoms with E-state index in [-0.39, 0.29) is 29.8 Å². The lowest BCUT2D eigenvalue weighted by molar-refractivity contribution is 0.0335. The summed E-state index contributed by atoms with van der Waals surface area (Å²) < 4.78 is 36.5. The number of amides is 1. The molecule has 1 saturated heterocycles. The van der Waals surface area contributed by atoms with E-state index in [1.165, 1.54) is 17.9 Å². The molecule has 214 valence electrons. The lowest BCUT2D eigenvalue weighted by atomic mass is 10.1. The highest BCUT2D eigenvalue weighted by Gasteiger charge is 2.27. The summed E-state index contributed by atoms with van der Waals surface area (Å²) in [5.74, 6) is -0.106. The van der Waals surface area contributed by atoms with Gasteiger partial charge in [-0.2, -0.15) is 9.78 Å². The van der Waals surface area contributed by atoms with Crippen LogP contribution in [-0.4, -0.2) is 75.2 Å². The van der Waals surface area contributed by atoms with Gasteiger partial charge in [-0.3, -0.25) is 9.69 Å². The van der Waals surface area contributed by atoms with Crippen LogP contribution >= 0.6 is 0 Å². The molecule has 15 heteroatoms. The summed E-state index contributed by atoms with van der Waals surface area (Å²) in [5, 5.41) is 19.9. The second kappa shape index (κ2) is 12.5. The molecule has 3 heterocycles. The number of hydrogen-bond acceptors (Lipinski definition) is 12. The third-order valence-electron chi connectivity index (χ3n) is 6.38. The van der Waals surface area contributed by atoms with Crippen LogP contribution in [0.1, 0.15) is 34.2 Å². The first-order chi connectivity index (χ1) is 19.9. The number of carbonyl (C=O) groups excluding carboxylic acids is 1. The first-order valence-electron chi connectivity index (χ1n) is 12.7. The number of nitrogens with two attached hydrogens (primary N) is 1. The number of morpholine rings is 1. The number of hydrazone groups is 1. The molecule has 1 amide bonds. The van der Waals surface area contributed by atoms with E-state index in [1.807, 2.05) is 0 Å². The Bertz CT molecular complexity index is 1550. The van der Waals surface area contributed by atoms with Crippen molar-refractivity contribution in [1.29, 1.82) is 0 Å². The van der Waals surface area contributed by atoms with E-state index in [4.69, 9.17) is 19.9 Å². The summed E-state index contributed by atoms with van der Waals surface area (Å²) in [6, 6.07) is 11.5. The Labute approximate surface area is 233 Å². The van der Waals surface area contributed by atoms with Gasteiger partial charge in [0.1, 0.15) is 18.1 Å². The van der Waals surface area contributed by atoms with Gasteiger partial charge in [0.2, 0.25) is 11.6 Å². The van der Waals surface area contributed by atoms with Gasteiger partial charge in [0.25, 0.3) is 5.91 Å². The van der Waals surface area contributed by atoms with Crippen LogP contribution in [-0.2, 0) is 17.9 Å². The zero-order valence-electron chi connectivity index (χ0n) is 22.4. The number of methoxy groups -OCH3 is 1. The molecule has 4 aromatic rings. The number of hydrogen-bond donors (Lipinski definition) is 2. The SMILES string of the molecule is COc1cc(/C(C)=N\NC(=O)c2c(CN3CCOCC3)nnn2-c2nonc2N)ccc1OCc1ccccc1F. The average Bonchev–Trinajstić information content (AvgIpc) is 3.61. The maximum Gasteiger partial charge on any atom is 0.292 e. The van der Waals surface area contributed by atoms with Crippen molar-refractivity contribution < 1.29 is 28.0 Å². The fourth-order valence-corrected chi connectivity index (χ4v) is 4.14. The molecule has 14 nitrogen and oxygen atoms in total. The zero-order valence-corrected chi connectivity index (χ0v) is 22.4. The van der Waals surface area contributed by atoms with E-state index in [0.717, 1.165) is 0 Å². The molecule has 0 radical (unpaired) electrons. The summed E-state index contributed by atoms with van der Waals surface area (Å²) in [5.41, 5.74) is 10.5. The lowest BCUT2D eigenvalue weighted by Gasteiger charge is -2.25. The summed E-state index contributed by atoms with van der Waals surface area (Å²) in [4.78, 5) is 15.5. The Morgan fingerprint density at radius 2 is 1.98 bits per heavy atom. The van der Waals surface area contributed by atoms with Crippen LogP contribution in [0.5, 0.6) is 11.5 Å². The standard InChI is InChI=1S/C26H28FN9O5/c1-16(17-7-8-21(22(13-17)38-2)40-15-18-5-3-4-6-19(18)27)29-31-26(37)23-20(14-35-9-11-39-12-10-35)30-34-36(23)25-24(28)32-41-33-25/h3-8,13H,9-12,14-15H2,1-2H3,(H2,28,32)(H,31,37)/b29-16-. The van der Waals surface area contributed by atoms with Crippen molar-refractivity contribution in [3.05, 3.63) is 70.8 Å². The Morgan fingerprint density at radius 3 is 2.71 bits per heavy atom. The molecule has 0 unspecified atom stereocenters. The molecule has 1 fully saturated rings.